The van der Waals surface area contributed by atoms with E-state index in [-0.39, 0.29) is 6.79 Å². The van der Waals surface area contributed by atoms with Gasteiger partial charge in [0, 0.05) is 36.2 Å². The molecule has 6 heteroatoms. The number of anilines is 1. The summed E-state index contributed by atoms with van der Waals surface area (Å²) in [7, 11) is 0. The van der Waals surface area contributed by atoms with Crippen LogP contribution in [0, 0.1) is 0 Å². The summed E-state index contributed by atoms with van der Waals surface area (Å²) >= 11 is 5.48. The third-order valence-corrected chi connectivity index (χ3v) is 5.18. The molecule has 0 saturated carbocycles. The van der Waals surface area contributed by atoms with Gasteiger partial charge in [-0.15, -0.1) is 0 Å². The zero-order valence-electron chi connectivity index (χ0n) is 14.7. The average molecular weight is 370 g/mol. The van der Waals surface area contributed by atoms with Crippen LogP contribution >= 0.6 is 12.2 Å². The normalized spacial score (nSPS) is 21.2. The third-order valence-electron chi connectivity index (χ3n) is 4.96. The Morgan fingerprint density at radius 1 is 1.04 bits per heavy atom. The molecule has 136 valence electrons. The van der Waals surface area contributed by atoms with Gasteiger partial charge in [0.1, 0.15) is 6.54 Å². The number of nitrogens with one attached hydrogen (secondary N) is 3. The molecule has 1 fully saturated rings. The van der Waals surface area contributed by atoms with E-state index in [2.05, 4.69) is 41.0 Å². The van der Waals surface area contributed by atoms with Crippen LogP contribution < -0.4 is 25.0 Å². The Labute approximate surface area is 159 Å². The maximum absolute atomic E-state index is 5.48. The van der Waals surface area contributed by atoms with Crippen LogP contribution in [0.4, 0.5) is 5.69 Å². The zero-order valence-corrected chi connectivity index (χ0v) is 15.5. The highest BCUT2D eigenvalue weighted by Gasteiger charge is 2.23. The SMILES string of the molecule is S=C(Nc1ccc2c(c1)OCO2)NC1CC[NH+](Cc2ccccc2)CC1. The van der Waals surface area contributed by atoms with Crippen LogP contribution in [-0.2, 0) is 6.54 Å². The van der Waals surface area contributed by atoms with Crippen molar-refractivity contribution in [1.82, 2.24) is 5.32 Å². The maximum atomic E-state index is 5.48. The number of likely N-dealkylation sites (tertiary alicyclic amines) is 1. The molecule has 2 heterocycles. The molecule has 2 aliphatic rings. The standard InChI is InChI=1S/C20H23N3O2S/c26-20(22-17-6-7-18-19(12-17)25-14-24-18)21-16-8-10-23(11-9-16)13-15-4-2-1-3-5-15/h1-7,12,16H,8-11,13-14H2,(H2,21,22,26)/p+1. The lowest BCUT2D eigenvalue weighted by molar-refractivity contribution is -0.918. The number of hydrogen-bond acceptors (Lipinski definition) is 3. The Morgan fingerprint density at radius 3 is 2.62 bits per heavy atom. The maximum Gasteiger partial charge on any atom is 0.231 e. The van der Waals surface area contributed by atoms with Gasteiger partial charge in [-0.05, 0) is 24.4 Å². The Bertz CT molecular complexity index is 761. The number of rotatable bonds is 4. The number of ether oxygens (including phenoxy) is 2. The number of benzene rings is 2. The van der Waals surface area contributed by atoms with Crippen LogP contribution in [0.25, 0.3) is 0 Å². The summed E-state index contributed by atoms with van der Waals surface area (Å²) < 4.78 is 10.7. The molecule has 4 rings (SSSR count). The minimum atomic E-state index is 0.283. The van der Waals surface area contributed by atoms with Crippen molar-refractivity contribution >= 4 is 23.0 Å². The second kappa shape index (κ2) is 7.93. The average Bonchev–Trinajstić information content (AvgIpc) is 3.12. The van der Waals surface area contributed by atoms with Gasteiger partial charge in [-0.1, -0.05) is 30.3 Å². The summed E-state index contributed by atoms with van der Waals surface area (Å²) in [6.07, 6.45) is 2.26. The number of piperidine rings is 1. The molecule has 0 radical (unpaired) electrons. The first kappa shape index (κ1) is 17.1. The highest BCUT2D eigenvalue weighted by molar-refractivity contribution is 7.80. The summed E-state index contributed by atoms with van der Waals surface area (Å²) in [5.74, 6) is 1.54. The molecule has 0 unspecified atom stereocenters. The molecule has 0 aliphatic carbocycles. The van der Waals surface area contributed by atoms with Crippen LogP contribution in [0.2, 0.25) is 0 Å². The molecule has 2 aromatic rings. The molecule has 2 aromatic carbocycles. The number of fused-ring (bicyclic) bond motifs is 1. The van der Waals surface area contributed by atoms with E-state index < -0.39 is 0 Å². The van der Waals surface area contributed by atoms with Crippen molar-refractivity contribution in [2.45, 2.75) is 25.4 Å². The van der Waals surface area contributed by atoms with Crippen molar-refractivity contribution in [2.24, 2.45) is 0 Å². The van der Waals surface area contributed by atoms with Crippen LogP contribution in [0.1, 0.15) is 18.4 Å². The Hall–Kier alpha value is -2.31. The zero-order chi connectivity index (χ0) is 17.8. The smallest absolute Gasteiger partial charge is 0.231 e. The first-order chi connectivity index (χ1) is 12.8. The molecule has 1 saturated heterocycles. The van der Waals surface area contributed by atoms with Crippen LogP contribution in [0.5, 0.6) is 11.5 Å². The molecule has 5 nitrogen and oxygen atoms in total. The number of hydrogen-bond donors (Lipinski definition) is 3. The summed E-state index contributed by atoms with van der Waals surface area (Å²) in [4.78, 5) is 1.64. The number of quaternary nitrogens is 1. The van der Waals surface area contributed by atoms with Crippen molar-refractivity contribution in [3.63, 3.8) is 0 Å². The van der Waals surface area contributed by atoms with Crippen LogP contribution in [0.15, 0.2) is 48.5 Å². The first-order valence-electron chi connectivity index (χ1n) is 9.11. The number of thiocarbonyl (C=S) groups is 1. The second-order valence-corrected chi connectivity index (χ2v) is 7.26. The molecule has 3 N–H and O–H groups in total. The molecule has 0 amide bonds. The van der Waals surface area contributed by atoms with Gasteiger partial charge < -0.3 is 25.0 Å². The quantitative estimate of drug-likeness (QED) is 0.718. The lowest BCUT2D eigenvalue weighted by Gasteiger charge is -2.30. The Kier molecular flexibility index (Phi) is 5.22. The highest BCUT2D eigenvalue weighted by atomic mass is 32.1. The summed E-state index contributed by atoms with van der Waals surface area (Å²) in [5.41, 5.74) is 2.33. The lowest BCUT2D eigenvalue weighted by Crippen LogP contribution is -3.12. The molecule has 2 aliphatic heterocycles. The van der Waals surface area contributed by atoms with Crippen molar-refractivity contribution in [1.29, 1.82) is 0 Å². The molecule has 0 atom stereocenters. The predicted molar refractivity (Wildman–Crippen MR) is 106 cm³/mol. The molecule has 0 spiro atoms. The van der Waals surface area contributed by atoms with Gasteiger partial charge in [-0.25, -0.2) is 0 Å². The van der Waals surface area contributed by atoms with Gasteiger partial charge in [-0.2, -0.15) is 0 Å². The molecular formula is C20H24N3O2S+. The molecular weight excluding hydrogens is 346 g/mol. The lowest BCUT2D eigenvalue weighted by atomic mass is 10.0. The van der Waals surface area contributed by atoms with E-state index in [0.717, 1.165) is 36.6 Å². The van der Waals surface area contributed by atoms with Gasteiger partial charge >= 0.3 is 0 Å². The minimum Gasteiger partial charge on any atom is -0.454 e. The Morgan fingerprint density at radius 2 is 1.81 bits per heavy atom. The predicted octanol–water partition coefficient (Wildman–Crippen LogP) is 1.95. The van der Waals surface area contributed by atoms with Gasteiger partial charge in [0.2, 0.25) is 6.79 Å². The van der Waals surface area contributed by atoms with Gasteiger partial charge in [-0.3, -0.25) is 0 Å². The molecule has 0 bridgehead atoms. The van der Waals surface area contributed by atoms with E-state index >= 15 is 0 Å². The largest absolute Gasteiger partial charge is 0.454 e. The first-order valence-corrected chi connectivity index (χ1v) is 9.52. The van der Waals surface area contributed by atoms with E-state index in [4.69, 9.17) is 21.7 Å². The minimum absolute atomic E-state index is 0.283. The second-order valence-electron chi connectivity index (χ2n) is 6.85. The topological polar surface area (TPSA) is 47.0 Å². The fourth-order valence-corrected chi connectivity index (χ4v) is 3.84. The van der Waals surface area contributed by atoms with Crippen molar-refractivity contribution in [3.05, 3.63) is 54.1 Å². The van der Waals surface area contributed by atoms with E-state index in [0.29, 0.717) is 11.2 Å². The third kappa shape index (κ3) is 4.26. The van der Waals surface area contributed by atoms with Crippen molar-refractivity contribution in [3.8, 4) is 11.5 Å². The van der Waals surface area contributed by atoms with Crippen molar-refractivity contribution < 1.29 is 14.4 Å². The Balaban J connectivity index is 1.23. The van der Waals surface area contributed by atoms with E-state index in [1.54, 1.807) is 4.90 Å². The van der Waals surface area contributed by atoms with Gasteiger partial charge in [0.05, 0.1) is 13.1 Å². The summed E-state index contributed by atoms with van der Waals surface area (Å²) in [6.45, 7) is 3.72. The van der Waals surface area contributed by atoms with E-state index in [1.165, 1.54) is 18.7 Å². The van der Waals surface area contributed by atoms with E-state index in [9.17, 15) is 0 Å². The van der Waals surface area contributed by atoms with E-state index in [1.807, 2.05) is 18.2 Å². The van der Waals surface area contributed by atoms with Crippen LogP contribution in [0.3, 0.4) is 0 Å². The van der Waals surface area contributed by atoms with Crippen LogP contribution in [-0.4, -0.2) is 31.0 Å². The fraction of sp³-hybridized carbons (Fsp3) is 0.350. The fourth-order valence-electron chi connectivity index (χ4n) is 3.56. The van der Waals surface area contributed by atoms with Crippen molar-refractivity contribution in [2.75, 3.05) is 25.2 Å². The van der Waals surface area contributed by atoms with Gasteiger partial charge in [0.15, 0.2) is 16.6 Å². The highest BCUT2D eigenvalue weighted by Crippen LogP contribution is 2.34. The molecule has 0 aromatic heterocycles. The molecule has 26 heavy (non-hydrogen) atoms. The summed E-state index contributed by atoms with van der Waals surface area (Å²) in [6, 6.07) is 16.9. The summed E-state index contributed by atoms with van der Waals surface area (Å²) in [5, 5.41) is 7.37. The van der Waals surface area contributed by atoms with Gasteiger partial charge in [0.25, 0.3) is 0 Å². The monoisotopic (exact) mass is 370 g/mol.